The van der Waals surface area contributed by atoms with E-state index in [2.05, 4.69) is 0 Å². The Hall–Kier alpha value is -5.61. The van der Waals surface area contributed by atoms with Gasteiger partial charge in [-0.15, -0.1) is 0 Å². The molecular weight excluding hydrogens is 865 g/mol. The van der Waals surface area contributed by atoms with Gasteiger partial charge in [0.2, 0.25) is 0 Å². The molecule has 2 heterocycles. The fourth-order valence-electron chi connectivity index (χ4n) is 8.30. The Labute approximate surface area is 398 Å². The number of ether oxygens (including phenoxy) is 10. The Kier molecular flexibility index (Phi) is 18.4. The highest BCUT2D eigenvalue weighted by atomic mass is 16.7. The van der Waals surface area contributed by atoms with Crippen LogP contribution in [0, 0.1) is 0 Å². The number of carbonyl (C=O) groups is 1. The Balaban J connectivity index is 1.11. The van der Waals surface area contributed by atoms with Crippen LogP contribution in [0.5, 0.6) is 0 Å². The maximum absolute atomic E-state index is 12.4. The van der Waals surface area contributed by atoms with Crippen molar-refractivity contribution < 1.29 is 57.3 Å². The summed E-state index contributed by atoms with van der Waals surface area (Å²) in [4.78, 5) is 12.4. The van der Waals surface area contributed by atoms with Crippen molar-refractivity contribution in [3.05, 3.63) is 215 Å². The molecule has 0 bridgehead atoms. The molecule has 8 rings (SSSR count). The molecule has 2 saturated heterocycles. The van der Waals surface area contributed by atoms with E-state index < -0.39 is 67.4 Å². The first kappa shape index (κ1) is 48.8. The van der Waals surface area contributed by atoms with Gasteiger partial charge < -0.3 is 52.5 Å². The Morgan fingerprint density at radius 3 is 1.03 bits per heavy atom. The molecule has 356 valence electrons. The fourth-order valence-corrected chi connectivity index (χ4v) is 8.30. The predicted octanol–water partition coefficient (Wildman–Crippen LogP) is 8.52. The molecule has 68 heavy (non-hydrogen) atoms. The minimum Gasteiger partial charge on any atom is -0.463 e. The minimum atomic E-state index is -1.43. The molecule has 0 aliphatic carbocycles. The summed E-state index contributed by atoms with van der Waals surface area (Å²) in [5.74, 6) is -0.481. The summed E-state index contributed by atoms with van der Waals surface area (Å²) >= 11 is 0. The third-order valence-electron chi connectivity index (χ3n) is 11.8. The van der Waals surface area contributed by atoms with Gasteiger partial charge in [0.25, 0.3) is 0 Å². The predicted molar refractivity (Wildman–Crippen MR) is 252 cm³/mol. The maximum Gasteiger partial charge on any atom is 0.302 e. The fraction of sp³-hybridized carbons (Fsp3) is 0.339. The zero-order valence-electron chi connectivity index (χ0n) is 38.2. The van der Waals surface area contributed by atoms with Gasteiger partial charge in [-0.1, -0.05) is 182 Å². The summed E-state index contributed by atoms with van der Waals surface area (Å²) in [7, 11) is 0. The first-order chi connectivity index (χ1) is 33.5. The van der Waals surface area contributed by atoms with Crippen molar-refractivity contribution in [1.29, 1.82) is 0 Å². The topological polar surface area (TPSA) is 130 Å². The highest BCUT2D eigenvalue weighted by Gasteiger charge is 2.52. The Bertz CT molecular complexity index is 2330. The van der Waals surface area contributed by atoms with Gasteiger partial charge in [-0.05, 0) is 33.4 Å². The Morgan fingerprint density at radius 2 is 0.676 bits per heavy atom. The molecule has 2 aliphatic rings. The van der Waals surface area contributed by atoms with Crippen LogP contribution in [0.4, 0.5) is 0 Å². The molecule has 6 aromatic rings. The van der Waals surface area contributed by atoms with Crippen LogP contribution >= 0.6 is 0 Å². The second-order valence-electron chi connectivity index (χ2n) is 16.8. The van der Waals surface area contributed by atoms with E-state index >= 15 is 0 Å². The monoisotopic (exact) mass is 924 g/mol. The quantitative estimate of drug-likeness (QED) is 0.0619. The van der Waals surface area contributed by atoms with E-state index in [-0.39, 0.29) is 52.9 Å². The first-order valence-corrected chi connectivity index (χ1v) is 23.1. The van der Waals surface area contributed by atoms with Crippen LogP contribution in [0.3, 0.4) is 0 Å². The number of rotatable bonds is 23. The number of aliphatic hydroxyl groups is 1. The number of esters is 1. The van der Waals surface area contributed by atoms with Crippen LogP contribution < -0.4 is 0 Å². The number of carbonyl (C=O) groups excluding carboxylic acids is 1. The van der Waals surface area contributed by atoms with E-state index in [1.54, 1.807) is 0 Å². The molecular formula is C56H60O12. The highest BCUT2D eigenvalue weighted by Crippen LogP contribution is 2.34. The van der Waals surface area contributed by atoms with E-state index in [0.29, 0.717) is 0 Å². The van der Waals surface area contributed by atoms with E-state index in [4.69, 9.17) is 47.4 Å². The van der Waals surface area contributed by atoms with Gasteiger partial charge in [0.05, 0.1) is 46.2 Å². The van der Waals surface area contributed by atoms with Crippen molar-refractivity contribution in [1.82, 2.24) is 0 Å². The Morgan fingerprint density at radius 1 is 0.382 bits per heavy atom. The van der Waals surface area contributed by atoms with Gasteiger partial charge in [0.1, 0.15) is 55.4 Å². The molecule has 6 aromatic carbocycles. The van der Waals surface area contributed by atoms with Crippen molar-refractivity contribution in [3.63, 3.8) is 0 Å². The SMILES string of the molecule is CC(=O)OC[C@H]1O[C@H](OC[C@H]2O[C@H](O)[C@@H](OCc3ccccc3)[C@@H](OCc3ccccc3)[C@@H]2OCc2ccccc2)[C@@H](OCc2ccccc2)[C@@H](OCc2ccccc2)[C@@H]1OCc1ccccc1. The van der Waals surface area contributed by atoms with E-state index in [9.17, 15) is 9.90 Å². The zero-order valence-corrected chi connectivity index (χ0v) is 38.2. The van der Waals surface area contributed by atoms with Crippen molar-refractivity contribution >= 4 is 5.97 Å². The normalized spacial score (nSPS) is 24.9. The number of benzene rings is 6. The molecule has 12 nitrogen and oxygen atoms in total. The molecule has 0 radical (unpaired) electrons. The van der Waals surface area contributed by atoms with Crippen LogP contribution in [0.15, 0.2) is 182 Å². The van der Waals surface area contributed by atoms with Crippen molar-refractivity contribution in [2.24, 2.45) is 0 Å². The molecule has 12 heteroatoms. The van der Waals surface area contributed by atoms with Crippen LogP contribution in [0.1, 0.15) is 40.3 Å². The summed E-state index contributed by atoms with van der Waals surface area (Å²) < 4.78 is 66.0. The van der Waals surface area contributed by atoms with Crippen LogP contribution in [-0.4, -0.2) is 85.7 Å². The van der Waals surface area contributed by atoms with Gasteiger partial charge in [0.15, 0.2) is 12.6 Å². The third-order valence-corrected chi connectivity index (χ3v) is 11.8. The summed E-state index contributed by atoms with van der Waals surface area (Å²) in [6, 6.07) is 58.7. The lowest BCUT2D eigenvalue weighted by molar-refractivity contribution is -0.348. The molecule has 2 fully saturated rings. The number of hydrogen-bond donors (Lipinski definition) is 1. The van der Waals surface area contributed by atoms with Crippen molar-refractivity contribution in [3.8, 4) is 0 Å². The summed E-state index contributed by atoms with van der Waals surface area (Å²) in [6.45, 7) is 2.30. The molecule has 1 N–H and O–H groups in total. The second-order valence-corrected chi connectivity index (χ2v) is 16.8. The first-order valence-electron chi connectivity index (χ1n) is 23.1. The molecule has 0 amide bonds. The van der Waals surface area contributed by atoms with Gasteiger partial charge in [-0.25, -0.2) is 0 Å². The minimum absolute atomic E-state index is 0.149. The lowest BCUT2D eigenvalue weighted by Gasteiger charge is -2.47. The second kappa shape index (κ2) is 25.7. The third kappa shape index (κ3) is 14.2. The van der Waals surface area contributed by atoms with E-state index in [1.165, 1.54) is 6.92 Å². The van der Waals surface area contributed by atoms with E-state index in [0.717, 1.165) is 33.4 Å². The molecule has 0 saturated carbocycles. The van der Waals surface area contributed by atoms with Gasteiger partial charge >= 0.3 is 5.97 Å². The van der Waals surface area contributed by atoms with E-state index in [1.807, 2.05) is 182 Å². The average molecular weight is 925 g/mol. The molecule has 0 spiro atoms. The largest absolute Gasteiger partial charge is 0.463 e. The smallest absolute Gasteiger partial charge is 0.302 e. The van der Waals surface area contributed by atoms with Gasteiger partial charge in [-0.2, -0.15) is 0 Å². The zero-order chi connectivity index (χ0) is 46.8. The maximum atomic E-state index is 12.4. The van der Waals surface area contributed by atoms with Gasteiger partial charge in [-0.3, -0.25) is 4.79 Å². The molecule has 0 unspecified atom stereocenters. The standard InChI is InChI=1S/C56H60O12/c1-40(57)59-38-48-50(61-33-42-22-10-3-11-23-42)52(63-35-44-26-14-5-15-27-44)54(65-37-46-30-18-7-19-31-46)56(68-48)66-39-47-49(60-32-41-20-8-2-9-21-41)51(62-34-43-24-12-4-13-25-43)53(55(58)67-47)64-36-45-28-16-6-17-29-45/h2-31,47-56,58H,32-39H2,1H3/t47-,48-,49-,50-,51+,52+,53+,54+,55+,56+/m1/s1. The summed E-state index contributed by atoms with van der Waals surface area (Å²) in [6.07, 6.45) is -9.40. The number of hydrogen-bond acceptors (Lipinski definition) is 12. The van der Waals surface area contributed by atoms with Crippen molar-refractivity contribution in [2.75, 3.05) is 13.2 Å². The molecule has 0 aromatic heterocycles. The average Bonchev–Trinajstić information content (AvgIpc) is 3.38. The van der Waals surface area contributed by atoms with Crippen molar-refractivity contribution in [2.45, 2.75) is 108 Å². The van der Waals surface area contributed by atoms with Crippen LogP contribution in [0.25, 0.3) is 0 Å². The summed E-state index contributed by atoms with van der Waals surface area (Å²) in [5, 5.41) is 11.9. The lowest BCUT2D eigenvalue weighted by atomic mass is 9.97. The molecule has 10 atom stereocenters. The van der Waals surface area contributed by atoms with Gasteiger partial charge in [0, 0.05) is 6.92 Å². The highest BCUT2D eigenvalue weighted by molar-refractivity contribution is 5.65. The molecule has 2 aliphatic heterocycles. The summed E-state index contributed by atoms with van der Waals surface area (Å²) in [5.41, 5.74) is 5.58. The number of aliphatic hydroxyl groups excluding tert-OH is 1. The van der Waals surface area contributed by atoms with Crippen LogP contribution in [-0.2, 0) is 91.8 Å². The lowest BCUT2D eigenvalue weighted by Crippen LogP contribution is -2.63. The van der Waals surface area contributed by atoms with Crippen LogP contribution in [0.2, 0.25) is 0 Å².